The molecule has 23 heavy (non-hydrogen) atoms. The van der Waals surface area contributed by atoms with E-state index in [1.54, 1.807) is 29.5 Å². The van der Waals surface area contributed by atoms with Crippen molar-refractivity contribution in [1.29, 1.82) is 0 Å². The summed E-state index contributed by atoms with van der Waals surface area (Å²) in [6, 6.07) is 8.80. The lowest BCUT2D eigenvalue weighted by Gasteiger charge is -2.17. The van der Waals surface area contributed by atoms with Crippen molar-refractivity contribution in [2.45, 2.75) is 13.5 Å². The lowest BCUT2D eigenvalue weighted by Crippen LogP contribution is -3.11. The minimum absolute atomic E-state index is 0.208. The van der Waals surface area contributed by atoms with Crippen molar-refractivity contribution in [2.75, 3.05) is 18.4 Å². The van der Waals surface area contributed by atoms with E-state index >= 15 is 0 Å². The van der Waals surface area contributed by atoms with E-state index in [1.165, 1.54) is 10.9 Å². The highest BCUT2D eigenvalue weighted by Crippen LogP contribution is 2.21. The SMILES string of the molecule is C=CC[NH+](CC(=O)Nc1ccc(C)cc1F)Cc1ccc(Br)s1. The molecule has 1 aromatic carbocycles. The Morgan fingerprint density at radius 1 is 1.43 bits per heavy atom. The topological polar surface area (TPSA) is 33.5 Å². The summed E-state index contributed by atoms with van der Waals surface area (Å²) in [4.78, 5) is 14.4. The van der Waals surface area contributed by atoms with Gasteiger partial charge >= 0.3 is 0 Å². The average Bonchev–Trinajstić information content (AvgIpc) is 2.87. The van der Waals surface area contributed by atoms with Crippen LogP contribution in [-0.2, 0) is 11.3 Å². The third kappa shape index (κ3) is 5.57. The van der Waals surface area contributed by atoms with Gasteiger partial charge in [-0.2, -0.15) is 0 Å². The van der Waals surface area contributed by atoms with Gasteiger partial charge in [0.05, 0.1) is 20.9 Å². The predicted molar refractivity (Wildman–Crippen MR) is 96.4 cm³/mol. The molecule has 0 saturated heterocycles. The molecule has 122 valence electrons. The molecule has 2 aromatic rings. The number of thiophene rings is 1. The summed E-state index contributed by atoms with van der Waals surface area (Å²) in [7, 11) is 0. The number of anilines is 1. The first kappa shape index (κ1) is 17.8. The van der Waals surface area contributed by atoms with Crippen molar-refractivity contribution in [1.82, 2.24) is 0 Å². The Balaban J connectivity index is 1.98. The molecule has 0 aliphatic rings. The van der Waals surface area contributed by atoms with Gasteiger partial charge in [-0.25, -0.2) is 4.39 Å². The largest absolute Gasteiger partial charge is 0.319 e. The lowest BCUT2D eigenvalue weighted by atomic mass is 10.2. The molecule has 0 aliphatic carbocycles. The third-order valence-corrected chi connectivity index (χ3v) is 4.92. The number of aryl methyl sites for hydroxylation is 1. The van der Waals surface area contributed by atoms with Crippen LogP contribution in [0.3, 0.4) is 0 Å². The first-order chi connectivity index (χ1) is 11.0. The van der Waals surface area contributed by atoms with Gasteiger partial charge in [-0.05, 0) is 58.8 Å². The normalized spacial score (nSPS) is 12.0. The minimum Gasteiger partial charge on any atom is -0.319 e. The zero-order valence-electron chi connectivity index (χ0n) is 12.9. The molecule has 0 aliphatic heterocycles. The second-order valence-electron chi connectivity index (χ2n) is 5.33. The average molecular weight is 398 g/mol. The van der Waals surface area contributed by atoms with Crippen molar-refractivity contribution in [3.8, 4) is 0 Å². The molecule has 3 nitrogen and oxygen atoms in total. The van der Waals surface area contributed by atoms with Gasteiger partial charge in [-0.1, -0.05) is 12.6 Å². The molecule has 6 heteroatoms. The fourth-order valence-corrected chi connectivity index (χ4v) is 3.80. The summed E-state index contributed by atoms with van der Waals surface area (Å²) < 4.78 is 14.9. The maximum Gasteiger partial charge on any atom is 0.279 e. The predicted octanol–water partition coefficient (Wildman–Crippen LogP) is 3.17. The molecule has 0 fully saturated rings. The number of benzene rings is 1. The Hall–Kier alpha value is -1.50. The summed E-state index contributed by atoms with van der Waals surface area (Å²) in [6.07, 6.45) is 1.79. The van der Waals surface area contributed by atoms with E-state index in [0.29, 0.717) is 6.54 Å². The molecule has 1 amide bonds. The Kier molecular flexibility index (Phi) is 6.50. The molecule has 1 heterocycles. The summed E-state index contributed by atoms with van der Waals surface area (Å²) in [5, 5.41) is 2.64. The molecule has 0 bridgehead atoms. The lowest BCUT2D eigenvalue weighted by molar-refractivity contribution is -0.899. The fraction of sp³-hybridized carbons (Fsp3) is 0.235. The number of quaternary nitrogens is 1. The number of carbonyl (C=O) groups is 1. The molecule has 0 saturated carbocycles. The van der Waals surface area contributed by atoms with Gasteiger partial charge in [0.1, 0.15) is 12.4 Å². The number of hydrogen-bond acceptors (Lipinski definition) is 2. The molecule has 1 atom stereocenters. The van der Waals surface area contributed by atoms with E-state index < -0.39 is 5.82 Å². The standard InChI is InChI=1S/C17H18BrFN2OS/c1-3-8-21(10-13-5-7-16(18)23-13)11-17(22)20-15-6-4-12(2)9-14(15)19/h3-7,9H,1,8,10-11H2,2H3,(H,20,22)/p+1. The number of nitrogens with one attached hydrogen (secondary N) is 2. The third-order valence-electron chi connectivity index (χ3n) is 3.30. The molecule has 1 aromatic heterocycles. The highest BCUT2D eigenvalue weighted by atomic mass is 79.9. The minimum atomic E-state index is -0.411. The van der Waals surface area contributed by atoms with E-state index in [0.717, 1.165) is 20.8 Å². The zero-order chi connectivity index (χ0) is 16.8. The van der Waals surface area contributed by atoms with Gasteiger partial charge in [0, 0.05) is 0 Å². The van der Waals surface area contributed by atoms with E-state index in [4.69, 9.17) is 0 Å². The highest BCUT2D eigenvalue weighted by Gasteiger charge is 2.16. The number of carbonyl (C=O) groups excluding carboxylic acids is 1. The van der Waals surface area contributed by atoms with E-state index in [9.17, 15) is 9.18 Å². The van der Waals surface area contributed by atoms with Gasteiger partial charge in [0.15, 0.2) is 6.54 Å². The van der Waals surface area contributed by atoms with Crippen molar-refractivity contribution in [3.63, 3.8) is 0 Å². The second kappa shape index (κ2) is 8.38. The van der Waals surface area contributed by atoms with Crippen LogP contribution in [0.25, 0.3) is 0 Å². The summed E-state index contributed by atoms with van der Waals surface area (Å²) in [5.74, 6) is -0.619. The van der Waals surface area contributed by atoms with Crippen LogP contribution in [-0.4, -0.2) is 19.0 Å². The van der Waals surface area contributed by atoms with Crippen molar-refractivity contribution < 1.29 is 14.1 Å². The number of hydrogen-bond donors (Lipinski definition) is 2. The Morgan fingerprint density at radius 2 is 2.22 bits per heavy atom. The Labute approximate surface area is 147 Å². The molecular weight excluding hydrogens is 379 g/mol. The van der Waals surface area contributed by atoms with Crippen molar-refractivity contribution in [2.24, 2.45) is 0 Å². The molecule has 1 unspecified atom stereocenters. The highest BCUT2D eigenvalue weighted by molar-refractivity contribution is 9.11. The summed E-state index contributed by atoms with van der Waals surface area (Å²) in [5.41, 5.74) is 1.04. The van der Waals surface area contributed by atoms with Crippen LogP contribution < -0.4 is 10.2 Å². The van der Waals surface area contributed by atoms with Crippen LogP contribution in [0.4, 0.5) is 10.1 Å². The number of amides is 1. The molecule has 2 N–H and O–H groups in total. The molecule has 2 rings (SSSR count). The van der Waals surface area contributed by atoms with Gasteiger partial charge in [0.25, 0.3) is 5.91 Å². The first-order valence-electron chi connectivity index (χ1n) is 7.22. The Bertz CT molecular complexity index is 702. The van der Waals surface area contributed by atoms with Gasteiger partial charge < -0.3 is 10.2 Å². The van der Waals surface area contributed by atoms with E-state index in [-0.39, 0.29) is 18.1 Å². The monoisotopic (exact) mass is 397 g/mol. The van der Waals surface area contributed by atoms with Crippen molar-refractivity contribution in [3.05, 3.63) is 63.0 Å². The maximum absolute atomic E-state index is 13.8. The van der Waals surface area contributed by atoms with E-state index in [1.807, 2.05) is 19.1 Å². The first-order valence-corrected chi connectivity index (χ1v) is 8.83. The van der Waals surface area contributed by atoms with E-state index in [2.05, 4.69) is 27.8 Å². The van der Waals surface area contributed by atoms with Crippen LogP contribution in [0, 0.1) is 12.7 Å². The summed E-state index contributed by atoms with van der Waals surface area (Å²) >= 11 is 5.08. The summed E-state index contributed by atoms with van der Waals surface area (Å²) in [6.45, 7) is 7.21. The quantitative estimate of drug-likeness (QED) is 0.691. The van der Waals surface area contributed by atoms with Crippen LogP contribution in [0.5, 0.6) is 0 Å². The Morgan fingerprint density at radius 3 is 2.83 bits per heavy atom. The molecular formula is C17H19BrFN2OS+. The van der Waals surface area contributed by atoms with Gasteiger partial charge in [-0.15, -0.1) is 11.3 Å². The smallest absolute Gasteiger partial charge is 0.279 e. The zero-order valence-corrected chi connectivity index (χ0v) is 15.3. The maximum atomic E-state index is 13.8. The van der Waals surface area contributed by atoms with Crippen molar-refractivity contribution >= 4 is 38.9 Å². The fourth-order valence-electron chi connectivity index (χ4n) is 2.25. The number of halogens is 2. The van der Waals surface area contributed by atoms with Crippen LogP contribution in [0.2, 0.25) is 0 Å². The van der Waals surface area contributed by atoms with Gasteiger partial charge in [0.2, 0.25) is 0 Å². The number of rotatable bonds is 7. The van der Waals surface area contributed by atoms with Crippen LogP contribution in [0.15, 0.2) is 46.8 Å². The van der Waals surface area contributed by atoms with Crippen LogP contribution >= 0.6 is 27.3 Å². The second-order valence-corrected chi connectivity index (χ2v) is 7.88. The van der Waals surface area contributed by atoms with Crippen LogP contribution in [0.1, 0.15) is 10.4 Å². The van der Waals surface area contributed by atoms with Gasteiger partial charge in [-0.3, -0.25) is 4.79 Å². The molecule has 0 spiro atoms. The molecule has 0 radical (unpaired) electrons.